The predicted octanol–water partition coefficient (Wildman–Crippen LogP) is 3.87. The third kappa shape index (κ3) is 5.26. The first kappa shape index (κ1) is 18.8. The summed E-state index contributed by atoms with van der Waals surface area (Å²) in [4.78, 5) is 18.2. The van der Waals surface area contributed by atoms with E-state index in [1.807, 2.05) is 12.1 Å². The van der Waals surface area contributed by atoms with Gasteiger partial charge < -0.3 is 15.1 Å². The van der Waals surface area contributed by atoms with Crippen molar-refractivity contribution in [1.82, 2.24) is 4.90 Å². The van der Waals surface area contributed by atoms with Crippen LogP contribution < -0.4 is 10.2 Å². The minimum absolute atomic E-state index is 0.0277. The highest BCUT2D eigenvalue weighted by Gasteiger charge is 2.15. The van der Waals surface area contributed by atoms with Crippen molar-refractivity contribution in [3.05, 3.63) is 54.1 Å². The van der Waals surface area contributed by atoms with Crippen LogP contribution >= 0.6 is 11.8 Å². The summed E-state index contributed by atoms with van der Waals surface area (Å²) in [6.07, 6.45) is 0. The van der Waals surface area contributed by atoms with E-state index in [9.17, 15) is 4.79 Å². The molecule has 1 aliphatic rings. The molecule has 0 saturated carbocycles. The number of likely N-dealkylation sites (N-methyl/N-ethyl adjacent to an activating group) is 1. The number of aryl methyl sites for hydroxylation is 1. The van der Waals surface area contributed by atoms with Crippen LogP contribution in [0.5, 0.6) is 0 Å². The van der Waals surface area contributed by atoms with Crippen LogP contribution in [0.3, 0.4) is 0 Å². The van der Waals surface area contributed by atoms with Gasteiger partial charge in [0, 0.05) is 42.4 Å². The molecule has 0 bridgehead atoms. The highest BCUT2D eigenvalue weighted by molar-refractivity contribution is 8.00. The number of amides is 1. The monoisotopic (exact) mass is 369 g/mol. The third-order valence-electron chi connectivity index (χ3n) is 4.73. The zero-order chi connectivity index (χ0) is 18.4. The molecular weight excluding hydrogens is 342 g/mol. The molecule has 1 aliphatic heterocycles. The normalized spacial score (nSPS) is 15.1. The second kappa shape index (κ2) is 9.10. The van der Waals surface area contributed by atoms with Crippen molar-refractivity contribution in [2.24, 2.45) is 0 Å². The lowest BCUT2D eigenvalue weighted by Crippen LogP contribution is -2.46. The first-order valence-electron chi connectivity index (χ1n) is 9.21. The maximum absolute atomic E-state index is 12.2. The molecule has 0 unspecified atom stereocenters. The maximum atomic E-state index is 12.2. The number of benzene rings is 2. The molecule has 2 aromatic carbocycles. The van der Waals surface area contributed by atoms with E-state index in [0.717, 1.165) is 43.3 Å². The molecule has 1 fully saturated rings. The Kier molecular flexibility index (Phi) is 6.58. The van der Waals surface area contributed by atoms with Crippen LogP contribution in [0.15, 0.2) is 53.4 Å². The van der Waals surface area contributed by atoms with Gasteiger partial charge in [0.05, 0.1) is 5.75 Å². The van der Waals surface area contributed by atoms with E-state index in [0.29, 0.717) is 5.75 Å². The fourth-order valence-corrected chi connectivity index (χ4v) is 3.76. The number of rotatable bonds is 6. The van der Waals surface area contributed by atoms with Gasteiger partial charge in [-0.05, 0) is 49.9 Å². The Hall–Kier alpha value is -1.98. The molecule has 3 rings (SSSR count). The summed E-state index contributed by atoms with van der Waals surface area (Å²) in [5, 5.41) is 2.98. The van der Waals surface area contributed by atoms with Crippen molar-refractivity contribution in [3.63, 3.8) is 0 Å². The fraction of sp³-hybridized carbons (Fsp3) is 0.381. The SMILES string of the molecule is CCN1CCN(c2ccc(NC(=O)CSc3ccc(C)cc3)cc2)CC1. The van der Waals surface area contributed by atoms with Crippen molar-refractivity contribution in [2.75, 3.05) is 48.7 Å². The Labute approximate surface area is 160 Å². The Morgan fingerprint density at radius 2 is 1.65 bits per heavy atom. The van der Waals surface area contributed by atoms with Crippen LogP contribution in [0.1, 0.15) is 12.5 Å². The number of nitrogens with one attached hydrogen (secondary N) is 1. The number of hydrogen-bond acceptors (Lipinski definition) is 4. The number of piperazine rings is 1. The number of nitrogens with zero attached hydrogens (tertiary/aromatic N) is 2. The molecule has 2 aromatic rings. The van der Waals surface area contributed by atoms with Gasteiger partial charge in [-0.15, -0.1) is 11.8 Å². The van der Waals surface area contributed by atoms with Gasteiger partial charge in [-0.1, -0.05) is 24.6 Å². The lowest BCUT2D eigenvalue weighted by Gasteiger charge is -2.35. The Balaban J connectivity index is 1.47. The maximum Gasteiger partial charge on any atom is 0.234 e. The number of carbonyl (C=O) groups is 1. The first-order valence-corrected chi connectivity index (χ1v) is 10.2. The summed E-state index contributed by atoms with van der Waals surface area (Å²) in [7, 11) is 0. The molecule has 1 heterocycles. The van der Waals surface area contributed by atoms with Crippen molar-refractivity contribution >= 4 is 29.0 Å². The number of hydrogen-bond donors (Lipinski definition) is 1. The van der Waals surface area contributed by atoms with Gasteiger partial charge in [-0.25, -0.2) is 0 Å². The van der Waals surface area contributed by atoms with Crippen molar-refractivity contribution in [2.45, 2.75) is 18.7 Å². The molecule has 0 aromatic heterocycles. The van der Waals surface area contributed by atoms with Crippen LogP contribution in [-0.2, 0) is 4.79 Å². The largest absolute Gasteiger partial charge is 0.369 e. The van der Waals surface area contributed by atoms with Gasteiger partial charge in [0.2, 0.25) is 5.91 Å². The molecule has 5 heteroatoms. The van der Waals surface area contributed by atoms with E-state index < -0.39 is 0 Å². The summed E-state index contributed by atoms with van der Waals surface area (Å²) in [6.45, 7) is 9.76. The highest BCUT2D eigenvalue weighted by atomic mass is 32.2. The lowest BCUT2D eigenvalue weighted by molar-refractivity contribution is -0.113. The summed E-state index contributed by atoms with van der Waals surface area (Å²) in [5.41, 5.74) is 3.32. The molecule has 0 atom stereocenters. The average molecular weight is 370 g/mol. The molecule has 1 amide bonds. The summed E-state index contributed by atoms with van der Waals surface area (Å²) in [5.74, 6) is 0.448. The smallest absolute Gasteiger partial charge is 0.234 e. The molecule has 0 aliphatic carbocycles. The van der Waals surface area contributed by atoms with Gasteiger partial charge >= 0.3 is 0 Å². The Morgan fingerprint density at radius 1 is 1.00 bits per heavy atom. The zero-order valence-corrected chi connectivity index (χ0v) is 16.4. The second-order valence-electron chi connectivity index (χ2n) is 6.62. The van der Waals surface area contributed by atoms with E-state index in [2.05, 4.69) is 65.4 Å². The summed E-state index contributed by atoms with van der Waals surface area (Å²) >= 11 is 1.56. The predicted molar refractivity (Wildman–Crippen MR) is 111 cm³/mol. The van der Waals surface area contributed by atoms with Crippen LogP contribution in [0.2, 0.25) is 0 Å². The standard InChI is InChI=1S/C21H27N3OS/c1-3-23-12-14-24(15-13-23)19-8-6-18(7-9-19)22-21(25)16-26-20-10-4-17(2)5-11-20/h4-11H,3,12-16H2,1-2H3,(H,22,25). The molecule has 0 radical (unpaired) electrons. The summed E-state index contributed by atoms with van der Waals surface area (Å²) in [6, 6.07) is 16.4. The molecule has 4 nitrogen and oxygen atoms in total. The van der Waals surface area contributed by atoms with Crippen LogP contribution in [-0.4, -0.2) is 49.3 Å². The van der Waals surface area contributed by atoms with Crippen molar-refractivity contribution in [3.8, 4) is 0 Å². The van der Waals surface area contributed by atoms with Crippen LogP contribution in [0.4, 0.5) is 11.4 Å². The highest BCUT2D eigenvalue weighted by Crippen LogP contribution is 2.21. The Morgan fingerprint density at radius 3 is 2.27 bits per heavy atom. The van der Waals surface area contributed by atoms with Gasteiger partial charge in [0.25, 0.3) is 0 Å². The average Bonchev–Trinajstić information content (AvgIpc) is 2.68. The lowest BCUT2D eigenvalue weighted by atomic mass is 10.2. The quantitative estimate of drug-likeness (QED) is 0.784. The summed E-state index contributed by atoms with van der Waals surface area (Å²) < 4.78 is 0. The molecule has 138 valence electrons. The minimum atomic E-state index is 0.0277. The third-order valence-corrected chi connectivity index (χ3v) is 5.74. The molecular formula is C21H27N3OS. The molecule has 26 heavy (non-hydrogen) atoms. The van der Waals surface area contributed by atoms with E-state index in [4.69, 9.17) is 0 Å². The Bertz CT molecular complexity index is 707. The van der Waals surface area contributed by atoms with Crippen molar-refractivity contribution < 1.29 is 4.79 Å². The van der Waals surface area contributed by atoms with E-state index >= 15 is 0 Å². The second-order valence-corrected chi connectivity index (χ2v) is 7.67. The van der Waals surface area contributed by atoms with E-state index in [1.165, 1.54) is 11.3 Å². The van der Waals surface area contributed by atoms with Gasteiger partial charge in [0.15, 0.2) is 0 Å². The van der Waals surface area contributed by atoms with Crippen LogP contribution in [0.25, 0.3) is 0 Å². The van der Waals surface area contributed by atoms with Crippen molar-refractivity contribution in [1.29, 1.82) is 0 Å². The molecule has 0 spiro atoms. The van der Waals surface area contributed by atoms with E-state index in [1.54, 1.807) is 11.8 Å². The van der Waals surface area contributed by atoms with E-state index in [-0.39, 0.29) is 5.91 Å². The number of thioether (sulfide) groups is 1. The van der Waals surface area contributed by atoms with Gasteiger partial charge in [-0.2, -0.15) is 0 Å². The number of anilines is 2. The first-order chi connectivity index (χ1) is 12.6. The topological polar surface area (TPSA) is 35.6 Å². The minimum Gasteiger partial charge on any atom is -0.369 e. The van der Waals surface area contributed by atoms with Gasteiger partial charge in [-0.3, -0.25) is 4.79 Å². The molecule has 1 N–H and O–H groups in total. The van der Waals surface area contributed by atoms with Gasteiger partial charge in [0.1, 0.15) is 0 Å². The molecule has 1 saturated heterocycles. The van der Waals surface area contributed by atoms with Crippen LogP contribution in [0, 0.1) is 6.92 Å². The zero-order valence-electron chi connectivity index (χ0n) is 15.6. The number of carbonyl (C=O) groups excluding carboxylic acids is 1. The fourth-order valence-electron chi connectivity index (χ4n) is 3.06.